The van der Waals surface area contributed by atoms with Crippen LogP contribution in [-0.2, 0) is 6.54 Å². The van der Waals surface area contributed by atoms with E-state index in [-0.39, 0.29) is 0 Å². The minimum atomic E-state index is 0.583. The van der Waals surface area contributed by atoms with Crippen molar-refractivity contribution in [3.05, 3.63) is 30.1 Å². The molecule has 0 bridgehead atoms. The number of aromatic nitrogens is 1. The van der Waals surface area contributed by atoms with E-state index < -0.39 is 0 Å². The lowest BCUT2D eigenvalue weighted by Gasteiger charge is -2.16. The summed E-state index contributed by atoms with van der Waals surface area (Å²) < 4.78 is 0. The van der Waals surface area contributed by atoms with E-state index in [9.17, 15) is 0 Å². The van der Waals surface area contributed by atoms with Gasteiger partial charge in [0.25, 0.3) is 0 Å². The van der Waals surface area contributed by atoms with Crippen molar-refractivity contribution in [3.8, 4) is 0 Å². The fourth-order valence-corrected chi connectivity index (χ4v) is 1.01. The molecule has 1 rings (SSSR count). The second-order valence-corrected chi connectivity index (χ2v) is 3.08. The lowest BCUT2D eigenvalue weighted by Crippen LogP contribution is -2.36. The van der Waals surface area contributed by atoms with Crippen molar-refractivity contribution in [2.75, 3.05) is 14.1 Å². The van der Waals surface area contributed by atoms with E-state index in [1.807, 2.05) is 26.2 Å². The molecule has 0 saturated carbocycles. The van der Waals surface area contributed by atoms with Gasteiger partial charge in [-0.25, -0.2) is 4.99 Å². The van der Waals surface area contributed by atoms with Gasteiger partial charge in [-0.3, -0.25) is 10.4 Å². The van der Waals surface area contributed by atoms with E-state index in [1.165, 1.54) is 0 Å². The van der Waals surface area contributed by atoms with Crippen molar-refractivity contribution in [2.24, 2.45) is 4.99 Å². The molecule has 2 N–H and O–H groups in total. The molecule has 1 heterocycles. The van der Waals surface area contributed by atoms with Crippen LogP contribution in [0, 0.1) is 11.5 Å². The van der Waals surface area contributed by atoms with E-state index >= 15 is 0 Å². The Bertz CT molecular complexity index is 331. The van der Waals surface area contributed by atoms with Crippen molar-refractivity contribution in [1.82, 2.24) is 15.2 Å². The lowest BCUT2D eigenvalue weighted by molar-refractivity contribution is 0.584. The predicted octanol–water partition coefficient (Wildman–Crippen LogP) is 0.496. The summed E-state index contributed by atoms with van der Waals surface area (Å²) in [7, 11) is 3.73. The maximum absolute atomic E-state index is 6.91. The summed E-state index contributed by atoms with van der Waals surface area (Å²) >= 11 is 0. The van der Waals surface area contributed by atoms with Crippen molar-refractivity contribution in [2.45, 2.75) is 6.54 Å². The third-order valence-corrected chi connectivity index (χ3v) is 1.71. The molecule has 79 valence electrons. The maximum atomic E-state index is 6.91. The Morgan fingerprint density at radius 3 is 3.07 bits per heavy atom. The van der Waals surface area contributed by atoms with Crippen LogP contribution in [0.25, 0.3) is 0 Å². The van der Waals surface area contributed by atoms with Crippen LogP contribution in [-0.4, -0.2) is 36.3 Å². The highest BCUT2D eigenvalue weighted by Crippen LogP contribution is 1.92. The first-order chi connectivity index (χ1) is 7.24. The van der Waals surface area contributed by atoms with Gasteiger partial charge in [-0.2, -0.15) is 0 Å². The van der Waals surface area contributed by atoms with E-state index in [0.29, 0.717) is 12.5 Å². The fraction of sp³-hybridized carbons (Fsp3) is 0.300. The van der Waals surface area contributed by atoms with Gasteiger partial charge in [0.15, 0.2) is 5.96 Å². The van der Waals surface area contributed by atoms with Crippen LogP contribution >= 0.6 is 0 Å². The van der Waals surface area contributed by atoms with Gasteiger partial charge in [0.2, 0.25) is 0 Å². The zero-order valence-electron chi connectivity index (χ0n) is 8.86. The molecular formula is C10H14N5. The van der Waals surface area contributed by atoms with Crippen molar-refractivity contribution < 1.29 is 0 Å². The normalized spacial score (nSPS) is 10.9. The summed E-state index contributed by atoms with van der Waals surface area (Å²) in [6, 6.07) is 6.54. The van der Waals surface area contributed by atoms with Gasteiger partial charge >= 0.3 is 0 Å². The highest BCUT2D eigenvalue weighted by Gasteiger charge is 2.00. The number of rotatable bonds is 3. The molecule has 0 saturated heterocycles. The second kappa shape index (κ2) is 5.74. The Morgan fingerprint density at radius 2 is 2.53 bits per heavy atom. The fourth-order valence-electron chi connectivity index (χ4n) is 1.01. The van der Waals surface area contributed by atoms with Crippen LogP contribution in [0.2, 0.25) is 0 Å². The molecule has 0 atom stereocenters. The average molecular weight is 204 g/mol. The number of nitrogens with one attached hydrogen (secondary N) is 2. The Hall–Kier alpha value is -1.91. The molecular weight excluding hydrogens is 190 g/mol. The number of hydrogen-bond donors (Lipinski definition) is 2. The van der Waals surface area contributed by atoms with Crippen LogP contribution in [0.15, 0.2) is 23.3 Å². The molecule has 5 nitrogen and oxygen atoms in total. The molecule has 0 unspecified atom stereocenters. The minimum Gasteiger partial charge on any atom is -0.350 e. The average Bonchev–Trinajstić information content (AvgIpc) is 2.25. The van der Waals surface area contributed by atoms with Crippen molar-refractivity contribution in [3.63, 3.8) is 0 Å². The van der Waals surface area contributed by atoms with Crippen LogP contribution < -0.4 is 5.32 Å². The molecule has 15 heavy (non-hydrogen) atoms. The Labute approximate surface area is 89.4 Å². The lowest BCUT2D eigenvalue weighted by atomic mass is 10.3. The molecule has 0 aliphatic rings. The molecule has 1 aromatic heterocycles. The molecule has 0 aliphatic carbocycles. The van der Waals surface area contributed by atoms with Crippen LogP contribution in [0.4, 0.5) is 0 Å². The number of aliphatic imine (C=N–C) groups is 1. The van der Waals surface area contributed by atoms with Gasteiger partial charge in [0.1, 0.15) is 6.34 Å². The van der Waals surface area contributed by atoms with E-state index in [2.05, 4.69) is 21.4 Å². The first-order valence-corrected chi connectivity index (χ1v) is 4.53. The van der Waals surface area contributed by atoms with Gasteiger partial charge in [-0.1, -0.05) is 6.07 Å². The SMILES string of the molecule is CN(C)C(=NC=N)NCc1cc[c]cn1. The minimum absolute atomic E-state index is 0.583. The quantitative estimate of drug-likeness (QED) is 0.556. The molecule has 0 fully saturated rings. The van der Waals surface area contributed by atoms with E-state index in [1.54, 1.807) is 11.1 Å². The summed E-state index contributed by atoms with van der Waals surface area (Å²) in [4.78, 5) is 9.80. The monoisotopic (exact) mass is 204 g/mol. The highest BCUT2D eigenvalue weighted by atomic mass is 15.3. The Balaban J connectivity index is 2.55. The molecule has 5 heteroatoms. The third-order valence-electron chi connectivity index (χ3n) is 1.71. The van der Waals surface area contributed by atoms with E-state index in [4.69, 9.17) is 5.41 Å². The summed E-state index contributed by atoms with van der Waals surface area (Å²) in [6.07, 6.45) is 2.63. The summed E-state index contributed by atoms with van der Waals surface area (Å²) in [5, 5.41) is 9.99. The Kier molecular flexibility index (Phi) is 4.28. The van der Waals surface area contributed by atoms with Gasteiger partial charge < -0.3 is 10.2 Å². The van der Waals surface area contributed by atoms with Gasteiger partial charge in [0, 0.05) is 26.4 Å². The maximum Gasteiger partial charge on any atom is 0.199 e. The van der Waals surface area contributed by atoms with E-state index in [0.717, 1.165) is 12.0 Å². The van der Waals surface area contributed by atoms with Gasteiger partial charge in [-0.15, -0.1) is 0 Å². The third kappa shape index (κ3) is 3.76. The molecule has 0 aromatic carbocycles. The van der Waals surface area contributed by atoms with Crippen molar-refractivity contribution >= 4 is 12.3 Å². The zero-order chi connectivity index (χ0) is 11.1. The largest absolute Gasteiger partial charge is 0.350 e. The number of nitrogens with zero attached hydrogens (tertiary/aromatic N) is 3. The van der Waals surface area contributed by atoms with Crippen molar-refractivity contribution in [1.29, 1.82) is 5.41 Å². The number of hydrogen-bond acceptors (Lipinski definition) is 2. The standard InChI is InChI=1S/C10H14N5/c1-15(2)10(14-8-11)13-7-9-5-3-4-6-12-9/h3,5-6,8H,7H2,1-2H3,(H2,11,13,14). The van der Waals surface area contributed by atoms with Crippen LogP contribution in [0.3, 0.4) is 0 Å². The first kappa shape index (κ1) is 11.2. The number of guanidine groups is 1. The predicted molar refractivity (Wildman–Crippen MR) is 59.8 cm³/mol. The molecule has 1 radical (unpaired) electrons. The summed E-state index contributed by atoms with van der Waals surface area (Å²) in [6.45, 7) is 0.583. The zero-order valence-corrected chi connectivity index (χ0v) is 8.86. The van der Waals surface area contributed by atoms with Gasteiger partial charge in [-0.05, 0) is 6.07 Å². The number of pyridine rings is 1. The van der Waals surface area contributed by atoms with Gasteiger partial charge in [0.05, 0.1) is 12.2 Å². The summed E-state index contributed by atoms with van der Waals surface area (Å²) in [5.41, 5.74) is 0.910. The van der Waals surface area contributed by atoms with Crippen LogP contribution in [0.1, 0.15) is 5.69 Å². The summed E-state index contributed by atoms with van der Waals surface area (Å²) in [5.74, 6) is 0.639. The second-order valence-electron chi connectivity index (χ2n) is 3.08. The highest BCUT2D eigenvalue weighted by molar-refractivity contribution is 5.85. The molecule has 1 aromatic rings. The molecule has 0 amide bonds. The smallest absolute Gasteiger partial charge is 0.199 e. The Morgan fingerprint density at radius 1 is 1.73 bits per heavy atom. The topological polar surface area (TPSA) is 64.4 Å². The molecule has 0 spiro atoms. The van der Waals surface area contributed by atoms with Crippen LogP contribution in [0.5, 0.6) is 0 Å². The molecule has 0 aliphatic heterocycles. The first-order valence-electron chi connectivity index (χ1n) is 4.53.